The Hall–Kier alpha value is -1.54. The third-order valence-corrected chi connectivity index (χ3v) is 2.89. The van der Waals surface area contributed by atoms with E-state index < -0.39 is 0 Å². The van der Waals surface area contributed by atoms with Gasteiger partial charge in [0.05, 0.1) is 5.52 Å². The summed E-state index contributed by atoms with van der Waals surface area (Å²) in [6.45, 7) is 6.34. The Kier molecular flexibility index (Phi) is 3.87. The first kappa shape index (κ1) is 12.9. The molecule has 18 heavy (non-hydrogen) atoms. The highest BCUT2D eigenvalue weighted by atomic mass is 35.5. The minimum absolute atomic E-state index is 0.474. The summed E-state index contributed by atoms with van der Waals surface area (Å²) < 4.78 is 5.77. The third kappa shape index (κ3) is 2.82. The summed E-state index contributed by atoms with van der Waals surface area (Å²) in [4.78, 5) is 4.56. The lowest BCUT2D eigenvalue weighted by Gasteiger charge is -2.10. The van der Waals surface area contributed by atoms with E-state index in [4.69, 9.17) is 16.3 Å². The summed E-state index contributed by atoms with van der Waals surface area (Å²) in [7, 11) is 0. The van der Waals surface area contributed by atoms with E-state index in [1.54, 1.807) is 0 Å². The molecule has 0 fully saturated rings. The SMILES string of the molecule is CC(Cl)=CCOc1cc(C)nc2c(C)cccc12. The molecule has 2 aromatic rings. The molecular weight excluding hydrogens is 246 g/mol. The first-order chi connectivity index (χ1) is 8.58. The van der Waals surface area contributed by atoms with E-state index in [2.05, 4.69) is 18.0 Å². The van der Waals surface area contributed by atoms with Crippen LogP contribution >= 0.6 is 11.6 Å². The number of hydrogen-bond acceptors (Lipinski definition) is 2. The first-order valence-corrected chi connectivity index (χ1v) is 6.28. The molecule has 0 spiro atoms. The normalized spacial score (nSPS) is 11.9. The van der Waals surface area contributed by atoms with Crippen molar-refractivity contribution in [2.24, 2.45) is 0 Å². The van der Waals surface area contributed by atoms with Gasteiger partial charge in [0.25, 0.3) is 0 Å². The zero-order valence-electron chi connectivity index (χ0n) is 10.8. The van der Waals surface area contributed by atoms with E-state index >= 15 is 0 Å². The Morgan fingerprint density at radius 2 is 2.17 bits per heavy atom. The minimum atomic E-state index is 0.474. The van der Waals surface area contributed by atoms with Crippen LogP contribution in [-0.4, -0.2) is 11.6 Å². The van der Waals surface area contributed by atoms with Crippen molar-refractivity contribution in [3.8, 4) is 5.75 Å². The molecule has 0 unspecified atom stereocenters. The Labute approximate surface area is 112 Å². The molecule has 2 rings (SSSR count). The molecule has 0 bridgehead atoms. The van der Waals surface area contributed by atoms with Gasteiger partial charge in [0, 0.05) is 22.2 Å². The summed E-state index contributed by atoms with van der Waals surface area (Å²) in [6, 6.07) is 8.06. The lowest BCUT2D eigenvalue weighted by atomic mass is 10.1. The van der Waals surface area contributed by atoms with Crippen molar-refractivity contribution < 1.29 is 4.74 Å². The second kappa shape index (κ2) is 5.40. The van der Waals surface area contributed by atoms with E-state index in [-0.39, 0.29) is 0 Å². The molecule has 1 aromatic carbocycles. The first-order valence-electron chi connectivity index (χ1n) is 5.90. The molecular formula is C15H16ClNO. The molecule has 0 N–H and O–H groups in total. The number of nitrogens with zero attached hydrogens (tertiary/aromatic N) is 1. The summed E-state index contributed by atoms with van der Waals surface area (Å²) in [5.41, 5.74) is 3.11. The molecule has 0 amide bonds. The van der Waals surface area contributed by atoms with Crippen molar-refractivity contribution >= 4 is 22.5 Å². The molecule has 94 valence electrons. The van der Waals surface area contributed by atoms with Crippen molar-refractivity contribution in [1.82, 2.24) is 4.98 Å². The molecule has 0 aliphatic carbocycles. The second-order valence-electron chi connectivity index (χ2n) is 4.33. The highest BCUT2D eigenvalue weighted by molar-refractivity contribution is 6.29. The van der Waals surface area contributed by atoms with Crippen LogP contribution in [0.3, 0.4) is 0 Å². The average Bonchev–Trinajstić information content (AvgIpc) is 2.30. The van der Waals surface area contributed by atoms with Gasteiger partial charge in [-0.3, -0.25) is 4.98 Å². The van der Waals surface area contributed by atoms with Crippen LogP contribution in [0.1, 0.15) is 18.2 Å². The number of hydrogen-bond donors (Lipinski definition) is 0. The van der Waals surface area contributed by atoms with Crippen LogP contribution in [0.2, 0.25) is 0 Å². The van der Waals surface area contributed by atoms with Gasteiger partial charge in [-0.05, 0) is 38.5 Å². The molecule has 0 saturated heterocycles. The second-order valence-corrected chi connectivity index (χ2v) is 4.93. The highest BCUT2D eigenvalue weighted by Crippen LogP contribution is 2.27. The van der Waals surface area contributed by atoms with E-state index in [1.165, 1.54) is 0 Å². The van der Waals surface area contributed by atoms with E-state index in [0.717, 1.165) is 32.9 Å². The van der Waals surface area contributed by atoms with Crippen molar-refractivity contribution in [3.63, 3.8) is 0 Å². The topological polar surface area (TPSA) is 22.1 Å². The van der Waals surface area contributed by atoms with Gasteiger partial charge >= 0.3 is 0 Å². The smallest absolute Gasteiger partial charge is 0.130 e. The molecule has 0 atom stereocenters. The predicted molar refractivity (Wildman–Crippen MR) is 76.3 cm³/mol. The Morgan fingerprint density at radius 3 is 2.89 bits per heavy atom. The zero-order chi connectivity index (χ0) is 13.1. The van der Waals surface area contributed by atoms with Crippen LogP contribution in [0, 0.1) is 13.8 Å². The fourth-order valence-corrected chi connectivity index (χ4v) is 1.91. The zero-order valence-corrected chi connectivity index (χ0v) is 11.6. The number of benzene rings is 1. The lowest BCUT2D eigenvalue weighted by Crippen LogP contribution is -1.97. The Morgan fingerprint density at radius 1 is 1.39 bits per heavy atom. The monoisotopic (exact) mass is 261 g/mol. The minimum Gasteiger partial charge on any atom is -0.489 e. The van der Waals surface area contributed by atoms with Crippen LogP contribution < -0.4 is 4.74 Å². The largest absolute Gasteiger partial charge is 0.489 e. The van der Waals surface area contributed by atoms with Gasteiger partial charge < -0.3 is 4.74 Å². The van der Waals surface area contributed by atoms with Crippen molar-refractivity contribution in [3.05, 3.63) is 46.6 Å². The van der Waals surface area contributed by atoms with E-state index in [1.807, 2.05) is 38.1 Å². The van der Waals surface area contributed by atoms with Gasteiger partial charge in [-0.25, -0.2) is 0 Å². The van der Waals surface area contributed by atoms with Gasteiger partial charge in [-0.15, -0.1) is 0 Å². The van der Waals surface area contributed by atoms with Gasteiger partial charge in [0.15, 0.2) is 0 Å². The number of ether oxygens (including phenoxy) is 1. The summed E-state index contributed by atoms with van der Waals surface area (Å²) >= 11 is 5.79. The molecule has 0 radical (unpaired) electrons. The summed E-state index contributed by atoms with van der Waals surface area (Å²) in [5, 5.41) is 1.78. The van der Waals surface area contributed by atoms with Gasteiger partial charge in [0.2, 0.25) is 0 Å². The molecule has 1 heterocycles. The summed E-state index contributed by atoms with van der Waals surface area (Å²) in [5.74, 6) is 0.857. The van der Waals surface area contributed by atoms with Crippen LogP contribution in [0.4, 0.5) is 0 Å². The standard InChI is InChI=1S/C15H16ClNO/c1-10-5-4-6-13-14(18-8-7-11(2)16)9-12(3)17-15(10)13/h4-7,9H,8H2,1-3H3. The number of pyridine rings is 1. The molecule has 0 saturated carbocycles. The number of fused-ring (bicyclic) bond motifs is 1. The molecule has 2 nitrogen and oxygen atoms in total. The predicted octanol–water partition coefficient (Wildman–Crippen LogP) is 4.37. The number of para-hydroxylation sites is 1. The maximum atomic E-state index is 5.79. The molecule has 0 aliphatic heterocycles. The highest BCUT2D eigenvalue weighted by Gasteiger charge is 2.06. The van der Waals surface area contributed by atoms with E-state index in [9.17, 15) is 0 Å². The van der Waals surface area contributed by atoms with Crippen molar-refractivity contribution in [1.29, 1.82) is 0 Å². The number of halogens is 1. The Bertz CT molecular complexity index is 601. The van der Waals surface area contributed by atoms with Gasteiger partial charge in [-0.1, -0.05) is 23.7 Å². The molecule has 3 heteroatoms. The van der Waals surface area contributed by atoms with Crippen LogP contribution in [0.15, 0.2) is 35.4 Å². The number of allylic oxidation sites excluding steroid dienone is 1. The van der Waals surface area contributed by atoms with Crippen LogP contribution in [0.5, 0.6) is 5.75 Å². The maximum absolute atomic E-state index is 5.79. The quantitative estimate of drug-likeness (QED) is 0.818. The summed E-state index contributed by atoms with van der Waals surface area (Å²) in [6.07, 6.45) is 1.85. The fourth-order valence-electron chi connectivity index (χ4n) is 1.85. The van der Waals surface area contributed by atoms with Gasteiger partial charge in [-0.2, -0.15) is 0 Å². The van der Waals surface area contributed by atoms with Gasteiger partial charge in [0.1, 0.15) is 12.4 Å². The van der Waals surface area contributed by atoms with Crippen LogP contribution in [0.25, 0.3) is 10.9 Å². The molecule has 1 aromatic heterocycles. The number of rotatable bonds is 3. The Balaban J connectivity index is 2.43. The average molecular weight is 262 g/mol. The van der Waals surface area contributed by atoms with Crippen molar-refractivity contribution in [2.75, 3.05) is 6.61 Å². The van der Waals surface area contributed by atoms with Crippen molar-refractivity contribution in [2.45, 2.75) is 20.8 Å². The third-order valence-electron chi connectivity index (χ3n) is 2.73. The van der Waals surface area contributed by atoms with Crippen LogP contribution in [-0.2, 0) is 0 Å². The number of aryl methyl sites for hydroxylation is 2. The van der Waals surface area contributed by atoms with E-state index in [0.29, 0.717) is 6.61 Å². The maximum Gasteiger partial charge on any atom is 0.130 e. The molecule has 0 aliphatic rings. The lowest BCUT2D eigenvalue weighted by molar-refractivity contribution is 0.366. The fraction of sp³-hybridized carbons (Fsp3) is 0.267. The number of aromatic nitrogens is 1.